The Hall–Kier alpha value is 0.355. The summed E-state index contributed by atoms with van der Waals surface area (Å²) in [5.74, 6) is 0.766. The van der Waals surface area contributed by atoms with Crippen molar-refractivity contribution in [1.82, 2.24) is 0 Å². The summed E-state index contributed by atoms with van der Waals surface area (Å²) in [5.41, 5.74) is 0. The molecule has 0 spiro atoms. The lowest BCUT2D eigenvalue weighted by Gasteiger charge is -1.93. The first kappa shape index (κ1) is 6.35. The summed E-state index contributed by atoms with van der Waals surface area (Å²) in [6, 6.07) is 0. The van der Waals surface area contributed by atoms with Crippen molar-refractivity contribution in [2.75, 3.05) is 0 Å². The van der Waals surface area contributed by atoms with Gasteiger partial charge >= 0.3 is 0 Å². The van der Waals surface area contributed by atoms with Crippen LogP contribution in [-0.2, 0) is 0 Å². The zero-order valence-electron chi connectivity index (χ0n) is 4.37. The molecule has 0 aliphatic heterocycles. The highest BCUT2D eigenvalue weighted by Gasteiger charge is 1.89. The second kappa shape index (κ2) is 3.54. The molecule has 36 valence electrons. The van der Waals surface area contributed by atoms with Crippen LogP contribution >= 0.6 is 11.5 Å². The van der Waals surface area contributed by atoms with Crippen molar-refractivity contribution in [2.24, 2.45) is 5.92 Å². The lowest BCUT2D eigenvalue weighted by atomic mass is 9.93. The van der Waals surface area contributed by atoms with Gasteiger partial charge in [-0.1, -0.05) is 26.1 Å². The molecule has 0 fully saturated rings. The minimum Gasteiger partial charge on any atom is -0.201 e. The molecule has 0 aromatic rings. The van der Waals surface area contributed by atoms with Crippen molar-refractivity contribution in [1.29, 1.82) is 0 Å². The second-order valence-corrected chi connectivity index (χ2v) is 2.25. The minimum atomic E-state index is 0.766. The third-order valence-corrected chi connectivity index (χ3v) is 0.905. The summed E-state index contributed by atoms with van der Waals surface area (Å²) in [7, 11) is 0. The van der Waals surface area contributed by atoms with Gasteiger partial charge in [-0.3, -0.25) is 0 Å². The van der Waals surface area contributed by atoms with E-state index in [1.807, 2.05) is 0 Å². The average Bonchev–Trinajstić information content (AvgIpc) is 1.35. The van der Waals surface area contributed by atoms with Crippen LogP contribution in [0.4, 0.5) is 0 Å². The molecule has 0 saturated carbocycles. The first-order valence-corrected chi connectivity index (χ1v) is 2.86. The SMILES string of the molecule is CC(C)CBCl. The van der Waals surface area contributed by atoms with Crippen LogP contribution in [0.1, 0.15) is 13.8 Å². The normalized spacial score (nSPS) is 9.33. The van der Waals surface area contributed by atoms with Crippen molar-refractivity contribution in [2.45, 2.75) is 20.2 Å². The molecular weight excluding hydrogens is 94.3 g/mol. The smallest absolute Gasteiger partial charge is 0.201 e. The molecule has 0 nitrogen and oxygen atoms in total. The van der Waals surface area contributed by atoms with Gasteiger partial charge in [0.25, 0.3) is 0 Å². The quantitative estimate of drug-likeness (QED) is 0.467. The Labute approximate surface area is 45.0 Å². The molecule has 0 unspecified atom stereocenters. The molecular formula is C4H10BCl. The first-order valence-electron chi connectivity index (χ1n) is 2.33. The van der Waals surface area contributed by atoms with Gasteiger partial charge in [0.15, 0.2) is 0 Å². The molecule has 0 amide bonds. The van der Waals surface area contributed by atoms with E-state index in [0.29, 0.717) is 0 Å². The van der Waals surface area contributed by atoms with E-state index in [9.17, 15) is 0 Å². The van der Waals surface area contributed by atoms with Gasteiger partial charge in [0.1, 0.15) is 0 Å². The van der Waals surface area contributed by atoms with Crippen molar-refractivity contribution >= 4 is 18.2 Å². The van der Waals surface area contributed by atoms with Crippen LogP contribution < -0.4 is 0 Å². The number of hydrogen-bond acceptors (Lipinski definition) is 0. The van der Waals surface area contributed by atoms with Gasteiger partial charge in [0, 0.05) is 0 Å². The standard InChI is InChI=1S/C4H10BCl/c1-4(2)3-5-6/h4-5H,3H2,1-2H3. The summed E-state index contributed by atoms with van der Waals surface area (Å²) in [4.78, 5) is 0. The number of halogens is 1. The molecule has 0 aromatic heterocycles. The van der Waals surface area contributed by atoms with Crippen LogP contribution in [0.5, 0.6) is 0 Å². The predicted molar refractivity (Wildman–Crippen MR) is 32.6 cm³/mol. The van der Waals surface area contributed by atoms with Crippen LogP contribution in [-0.4, -0.2) is 6.69 Å². The first-order chi connectivity index (χ1) is 2.77. The average molecular weight is 104 g/mol. The van der Waals surface area contributed by atoms with E-state index in [1.165, 1.54) is 0 Å². The largest absolute Gasteiger partial charge is 0.233 e. The van der Waals surface area contributed by atoms with Crippen LogP contribution in [0.15, 0.2) is 0 Å². The van der Waals surface area contributed by atoms with E-state index in [0.717, 1.165) is 18.9 Å². The zero-order chi connectivity index (χ0) is 4.99. The molecule has 0 rings (SSSR count). The van der Waals surface area contributed by atoms with Gasteiger partial charge in [-0.15, -0.1) is 0 Å². The van der Waals surface area contributed by atoms with Crippen molar-refractivity contribution in [3.8, 4) is 0 Å². The minimum absolute atomic E-state index is 0.766. The molecule has 6 heavy (non-hydrogen) atoms. The summed E-state index contributed by atoms with van der Waals surface area (Å²) in [5, 5.41) is 0. The van der Waals surface area contributed by atoms with E-state index < -0.39 is 0 Å². The van der Waals surface area contributed by atoms with Gasteiger partial charge < -0.3 is 0 Å². The maximum absolute atomic E-state index is 5.40. The Morgan fingerprint density at radius 1 is 1.67 bits per heavy atom. The molecule has 0 heterocycles. The van der Waals surface area contributed by atoms with Crippen molar-refractivity contribution < 1.29 is 0 Å². The van der Waals surface area contributed by atoms with Crippen LogP contribution in [0.3, 0.4) is 0 Å². The molecule has 0 saturated heterocycles. The number of hydrogen-bond donors (Lipinski definition) is 0. The van der Waals surface area contributed by atoms with Crippen LogP contribution in [0, 0.1) is 5.92 Å². The Morgan fingerprint density at radius 2 is 2.17 bits per heavy atom. The Bertz CT molecular complexity index is 28.7. The molecule has 0 bridgehead atoms. The van der Waals surface area contributed by atoms with Crippen molar-refractivity contribution in [3.63, 3.8) is 0 Å². The number of rotatable bonds is 2. The lowest BCUT2D eigenvalue weighted by molar-refractivity contribution is 0.734. The van der Waals surface area contributed by atoms with Gasteiger partial charge in [0.05, 0.1) is 0 Å². The Kier molecular flexibility index (Phi) is 3.75. The van der Waals surface area contributed by atoms with E-state index in [1.54, 1.807) is 0 Å². The molecule has 2 heteroatoms. The summed E-state index contributed by atoms with van der Waals surface area (Å²) < 4.78 is 0. The van der Waals surface area contributed by atoms with Crippen LogP contribution in [0.2, 0.25) is 6.32 Å². The molecule has 0 aromatic carbocycles. The Morgan fingerprint density at radius 3 is 2.17 bits per heavy atom. The fraction of sp³-hybridized carbons (Fsp3) is 1.00. The third-order valence-electron chi connectivity index (χ3n) is 0.686. The summed E-state index contributed by atoms with van der Waals surface area (Å²) >= 11 is 5.40. The highest BCUT2D eigenvalue weighted by Crippen LogP contribution is 1.98. The van der Waals surface area contributed by atoms with E-state index in [-0.39, 0.29) is 0 Å². The second-order valence-electron chi connectivity index (χ2n) is 1.87. The molecule has 0 N–H and O–H groups in total. The maximum Gasteiger partial charge on any atom is 0.233 e. The molecule has 0 atom stereocenters. The fourth-order valence-corrected chi connectivity index (χ4v) is 0.655. The van der Waals surface area contributed by atoms with Gasteiger partial charge in [0.2, 0.25) is 6.69 Å². The zero-order valence-corrected chi connectivity index (χ0v) is 5.13. The highest BCUT2D eigenvalue weighted by molar-refractivity contribution is 6.93. The van der Waals surface area contributed by atoms with E-state index >= 15 is 0 Å². The van der Waals surface area contributed by atoms with Gasteiger partial charge in [-0.05, 0) is 0 Å². The van der Waals surface area contributed by atoms with Gasteiger partial charge in [-0.25, -0.2) is 11.5 Å². The molecule has 0 aliphatic rings. The molecule has 0 aliphatic carbocycles. The lowest BCUT2D eigenvalue weighted by Crippen LogP contribution is -1.86. The third kappa shape index (κ3) is 4.35. The Balaban J connectivity index is 2.63. The van der Waals surface area contributed by atoms with Crippen molar-refractivity contribution in [3.05, 3.63) is 0 Å². The fourth-order valence-electron chi connectivity index (χ4n) is 0.218. The van der Waals surface area contributed by atoms with E-state index in [2.05, 4.69) is 13.8 Å². The summed E-state index contributed by atoms with van der Waals surface area (Å²) in [6.45, 7) is 5.14. The van der Waals surface area contributed by atoms with Gasteiger partial charge in [-0.2, -0.15) is 0 Å². The summed E-state index contributed by atoms with van der Waals surface area (Å²) in [6.07, 6.45) is 1.14. The topological polar surface area (TPSA) is 0 Å². The van der Waals surface area contributed by atoms with E-state index in [4.69, 9.17) is 11.5 Å². The maximum atomic E-state index is 5.40. The van der Waals surface area contributed by atoms with Crippen LogP contribution in [0.25, 0.3) is 0 Å². The highest BCUT2D eigenvalue weighted by atomic mass is 35.5. The molecule has 0 radical (unpaired) electrons. The predicted octanol–water partition coefficient (Wildman–Crippen LogP) is 1.65. The monoisotopic (exact) mass is 104 g/mol.